The van der Waals surface area contributed by atoms with Crippen LogP contribution in [-0.2, 0) is 6.54 Å². The van der Waals surface area contributed by atoms with Crippen molar-refractivity contribution in [1.82, 2.24) is 5.32 Å². The van der Waals surface area contributed by atoms with Crippen LogP contribution in [0.5, 0.6) is 5.75 Å². The van der Waals surface area contributed by atoms with Crippen molar-refractivity contribution in [2.24, 2.45) is 5.73 Å². The van der Waals surface area contributed by atoms with E-state index in [2.05, 4.69) is 26.6 Å². The molecule has 0 heterocycles. The zero-order chi connectivity index (χ0) is 16.8. The van der Waals surface area contributed by atoms with Gasteiger partial charge in [-0.15, -0.1) is 0 Å². The number of nitrogens with two attached hydrogens (primary N) is 1. The fourth-order valence-corrected chi connectivity index (χ4v) is 2.36. The first-order valence-electron chi connectivity index (χ1n) is 6.76. The van der Waals surface area contributed by atoms with Gasteiger partial charge in [0.25, 0.3) is 5.91 Å². The molecule has 2 aromatic rings. The summed E-state index contributed by atoms with van der Waals surface area (Å²) in [6.07, 6.45) is 0. The first kappa shape index (κ1) is 16.8. The van der Waals surface area contributed by atoms with Crippen molar-refractivity contribution in [3.05, 3.63) is 58.1 Å². The summed E-state index contributed by atoms with van der Waals surface area (Å²) in [5.41, 5.74) is 7.03. The Hall–Kier alpha value is -2.54. The van der Waals surface area contributed by atoms with Gasteiger partial charge in [-0.3, -0.25) is 4.79 Å². The number of primary amides is 1. The summed E-state index contributed by atoms with van der Waals surface area (Å²) in [5, 5.41) is 5.31. The molecule has 0 atom stereocenters. The summed E-state index contributed by atoms with van der Waals surface area (Å²) in [7, 11) is 1.55. The standard InChI is InChI=1S/C16H16BrN3O3/c1-23-12-6-7-14(17)13(8-12)15(21)19-9-10-2-4-11(5-3-10)20-16(18)22/h2-8H,9H2,1H3,(H,19,21)(H3,18,20,22). The SMILES string of the molecule is COc1ccc(Br)c(C(=O)NCc2ccc(NC(N)=O)cc2)c1. The quantitative estimate of drug-likeness (QED) is 0.747. The van der Waals surface area contributed by atoms with Gasteiger partial charge in [-0.2, -0.15) is 0 Å². The van der Waals surface area contributed by atoms with Gasteiger partial charge >= 0.3 is 6.03 Å². The first-order chi connectivity index (χ1) is 11.0. The van der Waals surface area contributed by atoms with E-state index in [1.54, 1.807) is 49.6 Å². The molecule has 23 heavy (non-hydrogen) atoms. The molecule has 7 heteroatoms. The molecule has 120 valence electrons. The minimum absolute atomic E-state index is 0.213. The number of ether oxygens (including phenoxy) is 1. The van der Waals surface area contributed by atoms with E-state index in [4.69, 9.17) is 10.5 Å². The number of hydrogen-bond acceptors (Lipinski definition) is 3. The van der Waals surface area contributed by atoms with Gasteiger partial charge in [0, 0.05) is 16.7 Å². The highest BCUT2D eigenvalue weighted by Gasteiger charge is 2.11. The molecule has 0 unspecified atom stereocenters. The second-order valence-electron chi connectivity index (χ2n) is 4.71. The first-order valence-corrected chi connectivity index (χ1v) is 7.56. The van der Waals surface area contributed by atoms with E-state index in [-0.39, 0.29) is 5.91 Å². The fraction of sp³-hybridized carbons (Fsp3) is 0.125. The number of benzene rings is 2. The van der Waals surface area contributed by atoms with Gasteiger partial charge < -0.3 is 21.1 Å². The summed E-state index contributed by atoms with van der Waals surface area (Å²) in [4.78, 5) is 23.0. The number of hydrogen-bond donors (Lipinski definition) is 3. The number of anilines is 1. The lowest BCUT2D eigenvalue weighted by Crippen LogP contribution is -2.23. The van der Waals surface area contributed by atoms with E-state index in [0.29, 0.717) is 28.0 Å². The average molecular weight is 378 g/mol. The van der Waals surface area contributed by atoms with Gasteiger partial charge in [-0.25, -0.2) is 4.79 Å². The van der Waals surface area contributed by atoms with Crippen LogP contribution in [-0.4, -0.2) is 19.0 Å². The van der Waals surface area contributed by atoms with Crippen molar-refractivity contribution in [2.75, 3.05) is 12.4 Å². The molecule has 0 aliphatic heterocycles. The van der Waals surface area contributed by atoms with E-state index >= 15 is 0 Å². The van der Waals surface area contributed by atoms with Crippen LogP contribution in [0.15, 0.2) is 46.9 Å². The molecule has 0 saturated heterocycles. The topological polar surface area (TPSA) is 93.4 Å². The van der Waals surface area contributed by atoms with E-state index < -0.39 is 6.03 Å². The lowest BCUT2D eigenvalue weighted by molar-refractivity contribution is 0.0949. The third-order valence-electron chi connectivity index (χ3n) is 3.09. The Labute approximate surface area is 142 Å². The predicted octanol–water partition coefficient (Wildman–Crippen LogP) is 2.88. The largest absolute Gasteiger partial charge is 0.497 e. The summed E-state index contributed by atoms with van der Waals surface area (Å²) in [6.45, 7) is 0.360. The molecule has 0 spiro atoms. The number of halogens is 1. The van der Waals surface area contributed by atoms with Crippen molar-refractivity contribution in [3.63, 3.8) is 0 Å². The van der Waals surface area contributed by atoms with Crippen LogP contribution in [0.3, 0.4) is 0 Å². The van der Waals surface area contributed by atoms with Crippen LogP contribution in [0, 0.1) is 0 Å². The molecule has 0 aromatic heterocycles. The van der Waals surface area contributed by atoms with Gasteiger partial charge in [0.2, 0.25) is 0 Å². The molecular weight excluding hydrogens is 362 g/mol. The molecule has 0 bridgehead atoms. The minimum Gasteiger partial charge on any atom is -0.497 e. The Kier molecular flexibility index (Phi) is 5.59. The number of rotatable bonds is 5. The zero-order valence-electron chi connectivity index (χ0n) is 12.4. The van der Waals surface area contributed by atoms with Gasteiger partial charge in [0.05, 0.1) is 12.7 Å². The van der Waals surface area contributed by atoms with Crippen LogP contribution in [0.2, 0.25) is 0 Å². The third-order valence-corrected chi connectivity index (χ3v) is 3.78. The smallest absolute Gasteiger partial charge is 0.316 e. The third kappa shape index (κ3) is 4.72. The van der Waals surface area contributed by atoms with Gasteiger partial charge in [0.1, 0.15) is 5.75 Å². The van der Waals surface area contributed by atoms with E-state index in [1.165, 1.54) is 0 Å². The van der Waals surface area contributed by atoms with Crippen LogP contribution < -0.4 is 21.1 Å². The second kappa shape index (κ2) is 7.64. The highest BCUT2D eigenvalue weighted by Crippen LogP contribution is 2.22. The van der Waals surface area contributed by atoms with Crippen molar-refractivity contribution in [2.45, 2.75) is 6.54 Å². The molecular formula is C16H16BrN3O3. The number of carbonyl (C=O) groups excluding carboxylic acids is 2. The van der Waals surface area contributed by atoms with Crippen LogP contribution in [0.25, 0.3) is 0 Å². The van der Waals surface area contributed by atoms with E-state index in [0.717, 1.165) is 5.56 Å². The van der Waals surface area contributed by atoms with Crippen LogP contribution in [0.4, 0.5) is 10.5 Å². The Morgan fingerprint density at radius 1 is 1.17 bits per heavy atom. The number of nitrogens with one attached hydrogen (secondary N) is 2. The minimum atomic E-state index is -0.617. The number of urea groups is 1. The highest BCUT2D eigenvalue weighted by atomic mass is 79.9. The summed E-state index contributed by atoms with van der Waals surface area (Å²) in [5.74, 6) is 0.398. The molecule has 0 aliphatic carbocycles. The summed E-state index contributed by atoms with van der Waals surface area (Å²) in [6, 6.07) is 11.6. The maximum Gasteiger partial charge on any atom is 0.316 e. The van der Waals surface area contributed by atoms with Gasteiger partial charge in [-0.1, -0.05) is 12.1 Å². The van der Waals surface area contributed by atoms with Crippen molar-refractivity contribution in [1.29, 1.82) is 0 Å². The molecule has 4 N–H and O–H groups in total. The lowest BCUT2D eigenvalue weighted by Gasteiger charge is -2.09. The normalized spacial score (nSPS) is 10.0. The van der Waals surface area contributed by atoms with Crippen molar-refractivity contribution >= 4 is 33.6 Å². The fourth-order valence-electron chi connectivity index (χ4n) is 1.93. The molecule has 0 aliphatic rings. The van der Waals surface area contributed by atoms with E-state index in [1.807, 2.05) is 0 Å². The molecule has 0 fully saturated rings. The van der Waals surface area contributed by atoms with Crippen LogP contribution >= 0.6 is 15.9 Å². The molecule has 3 amide bonds. The average Bonchev–Trinajstić information content (AvgIpc) is 2.54. The molecule has 0 saturated carbocycles. The Morgan fingerprint density at radius 2 is 1.87 bits per heavy atom. The Morgan fingerprint density at radius 3 is 2.48 bits per heavy atom. The predicted molar refractivity (Wildman–Crippen MR) is 91.5 cm³/mol. The monoisotopic (exact) mass is 377 g/mol. The van der Waals surface area contributed by atoms with Crippen LogP contribution in [0.1, 0.15) is 15.9 Å². The molecule has 6 nitrogen and oxygen atoms in total. The zero-order valence-corrected chi connectivity index (χ0v) is 14.0. The second-order valence-corrected chi connectivity index (χ2v) is 5.57. The maximum atomic E-state index is 12.2. The van der Waals surface area contributed by atoms with Crippen molar-refractivity contribution in [3.8, 4) is 5.75 Å². The number of methoxy groups -OCH3 is 1. The highest BCUT2D eigenvalue weighted by molar-refractivity contribution is 9.10. The summed E-state index contributed by atoms with van der Waals surface area (Å²) >= 11 is 3.35. The molecule has 2 rings (SSSR count). The van der Waals surface area contributed by atoms with Crippen molar-refractivity contribution < 1.29 is 14.3 Å². The van der Waals surface area contributed by atoms with Gasteiger partial charge in [-0.05, 0) is 51.8 Å². The lowest BCUT2D eigenvalue weighted by atomic mass is 10.1. The molecule has 2 aromatic carbocycles. The number of amides is 3. The summed E-state index contributed by atoms with van der Waals surface area (Å²) < 4.78 is 5.81. The maximum absolute atomic E-state index is 12.2. The Balaban J connectivity index is 2.00. The van der Waals surface area contributed by atoms with E-state index in [9.17, 15) is 9.59 Å². The Bertz CT molecular complexity index is 717. The van der Waals surface area contributed by atoms with Gasteiger partial charge in [0.15, 0.2) is 0 Å². The number of carbonyl (C=O) groups is 2. The molecule has 0 radical (unpaired) electrons.